The van der Waals surface area contributed by atoms with Gasteiger partial charge in [-0.2, -0.15) is 0 Å². The second kappa shape index (κ2) is 3.26. The summed E-state index contributed by atoms with van der Waals surface area (Å²) in [6.07, 6.45) is 3.29. The molecule has 0 saturated heterocycles. The Labute approximate surface area is 83.0 Å². The third kappa shape index (κ3) is 1.99. The van der Waals surface area contributed by atoms with Crippen LogP contribution in [0.2, 0.25) is 0 Å². The number of carbonyl (C=O) groups is 2. The van der Waals surface area contributed by atoms with Gasteiger partial charge in [0.2, 0.25) is 5.24 Å². The summed E-state index contributed by atoms with van der Waals surface area (Å²) in [6.45, 7) is 5.45. The lowest BCUT2D eigenvalue weighted by atomic mass is 10.1. The van der Waals surface area contributed by atoms with Crippen LogP contribution in [0, 0.1) is 17.3 Å². The number of hydrogen-bond acceptors (Lipinski definition) is 2. The minimum absolute atomic E-state index is 0.00321. The van der Waals surface area contributed by atoms with Crippen LogP contribution in [0.1, 0.15) is 20.8 Å². The van der Waals surface area contributed by atoms with Crippen molar-refractivity contribution in [2.45, 2.75) is 20.8 Å². The molecule has 1 aliphatic rings. The van der Waals surface area contributed by atoms with Gasteiger partial charge in [-0.05, 0) is 35.9 Å². The maximum atomic E-state index is 10.9. The van der Waals surface area contributed by atoms with Crippen LogP contribution in [0.5, 0.6) is 0 Å². The van der Waals surface area contributed by atoms with Crippen LogP contribution in [-0.2, 0) is 9.59 Å². The van der Waals surface area contributed by atoms with Crippen molar-refractivity contribution in [1.82, 2.24) is 0 Å². The number of rotatable bonds is 3. The third-order valence-electron chi connectivity index (χ3n) is 2.69. The van der Waals surface area contributed by atoms with E-state index in [2.05, 4.69) is 0 Å². The zero-order valence-electron chi connectivity index (χ0n) is 8.00. The molecular formula is C10H13ClO2. The monoisotopic (exact) mass is 200 g/mol. The minimum Gasteiger partial charge on any atom is -0.295 e. The number of halogens is 1. The highest BCUT2D eigenvalue weighted by atomic mass is 35.5. The fourth-order valence-electron chi connectivity index (χ4n) is 1.71. The highest BCUT2D eigenvalue weighted by Crippen LogP contribution is 2.59. The van der Waals surface area contributed by atoms with Crippen LogP contribution >= 0.6 is 11.6 Å². The van der Waals surface area contributed by atoms with Crippen LogP contribution in [-0.4, -0.2) is 11.0 Å². The Balaban J connectivity index is 2.66. The maximum Gasteiger partial charge on any atom is 0.225 e. The Morgan fingerprint density at radius 2 is 1.92 bits per heavy atom. The molecule has 3 heteroatoms. The lowest BCUT2D eigenvalue weighted by Crippen LogP contribution is -1.96. The summed E-state index contributed by atoms with van der Waals surface area (Å²) in [4.78, 5) is 21.6. The molecule has 2 atom stereocenters. The second-order valence-corrected chi connectivity index (χ2v) is 4.47. The first-order valence-corrected chi connectivity index (χ1v) is 4.63. The molecule has 0 aromatic rings. The maximum absolute atomic E-state index is 10.9. The van der Waals surface area contributed by atoms with E-state index in [0.717, 1.165) is 0 Å². The molecule has 1 aliphatic carbocycles. The fourth-order valence-corrected chi connectivity index (χ4v) is 2.13. The molecule has 0 amide bonds. The van der Waals surface area contributed by atoms with Gasteiger partial charge in [0.05, 0.1) is 0 Å². The smallest absolute Gasteiger partial charge is 0.225 e. The van der Waals surface area contributed by atoms with Crippen molar-refractivity contribution < 1.29 is 9.59 Å². The topological polar surface area (TPSA) is 34.1 Å². The van der Waals surface area contributed by atoms with Gasteiger partial charge in [0.25, 0.3) is 0 Å². The number of hydrogen-bond donors (Lipinski definition) is 0. The van der Waals surface area contributed by atoms with Crippen molar-refractivity contribution in [1.29, 1.82) is 0 Å². The van der Waals surface area contributed by atoms with Gasteiger partial charge in [0, 0.05) is 5.92 Å². The fraction of sp³-hybridized carbons (Fsp3) is 0.600. The summed E-state index contributed by atoms with van der Waals surface area (Å²) in [6, 6.07) is 0. The molecule has 0 heterocycles. The van der Waals surface area contributed by atoms with Crippen LogP contribution in [0.15, 0.2) is 12.2 Å². The summed E-state index contributed by atoms with van der Waals surface area (Å²) >= 11 is 5.41. The average Bonchev–Trinajstić information content (AvgIpc) is 2.48. The van der Waals surface area contributed by atoms with Crippen molar-refractivity contribution >= 4 is 22.6 Å². The van der Waals surface area contributed by atoms with Crippen LogP contribution < -0.4 is 0 Å². The largest absolute Gasteiger partial charge is 0.295 e. The van der Waals surface area contributed by atoms with Gasteiger partial charge in [0.15, 0.2) is 5.78 Å². The van der Waals surface area contributed by atoms with Crippen LogP contribution in [0.4, 0.5) is 0 Å². The lowest BCUT2D eigenvalue weighted by molar-refractivity contribution is -0.114. The zero-order chi connectivity index (χ0) is 10.2. The molecule has 72 valence electrons. The summed E-state index contributed by atoms with van der Waals surface area (Å²) in [5.41, 5.74) is -0.0786. The molecule has 0 radical (unpaired) electrons. The van der Waals surface area contributed by atoms with E-state index >= 15 is 0 Å². The molecular weight excluding hydrogens is 188 g/mol. The average molecular weight is 201 g/mol. The molecule has 0 N–H and O–H groups in total. The number of allylic oxidation sites excluding steroid dienone is 2. The van der Waals surface area contributed by atoms with Gasteiger partial charge in [-0.3, -0.25) is 9.59 Å². The molecule has 13 heavy (non-hydrogen) atoms. The molecule has 1 saturated carbocycles. The van der Waals surface area contributed by atoms with Crippen molar-refractivity contribution in [3.8, 4) is 0 Å². The van der Waals surface area contributed by atoms with E-state index in [1.165, 1.54) is 13.0 Å². The van der Waals surface area contributed by atoms with Gasteiger partial charge >= 0.3 is 0 Å². The first-order chi connectivity index (χ1) is 5.87. The molecule has 2 unspecified atom stereocenters. The highest BCUT2D eigenvalue weighted by molar-refractivity contribution is 6.64. The normalized spacial score (nSPS) is 30.5. The third-order valence-corrected chi connectivity index (χ3v) is 2.93. The van der Waals surface area contributed by atoms with E-state index < -0.39 is 0 Å². The molecule has 2 nitrogen and oxygen atoms in total. The van der Waals surface area contributed by atoms with Crippen molar-refractivity contribution in [2.24, 2.45) is 17.3 Å². The van der Waals surface area contributed by atoms with E-state index in [9.17, 15) is 9.59 Å². The number of carbonyl (C=O) groups excluding carboxylic acids is 2. The molecule has 0 aromatic heterocycles. The van der Waals surface area contributed by atoms with Crippen LogP contribution in [0.3, 0.4) is 0 Å². The molecule has 0 aromatic carbocycles. The van der Waals surface area contributed by atoms with E-state index in [-0.39, 0.29) is 28.3 Å². The first-order valence-electron chi connectivity index (χ1n) is 4.25. The Bertz CT molecular complexity index is 279. The Hall–Kier alpha value is -0.630. The SMILES string of the molecule is CC(=O)C=CC1C(C(=O)Cl)C1(C)C. The molecule has 0 aliphatic heterocycles. The first kappa shape index (κ1) is 10.5. The lowest BCUT2D eigenvalue weighted by Gasteiger charge is -1.95. The Kier molecular flexibility index (Phi) is 2.62. The van der Waals surface area contributed by atoms with Crippen molar-refractivity contribution in [3.63, 3.8) is 0 Å². The van der Waals surface area contributed by atoms with E-state index in [4.69, 9.17) is 11.6 Å². The van der Waals surface area contributed by atoms with Gasteiger partial charge in [-0.1, -0.05) is 19.9 Å². The van der Waals surface area contributed by atoms with E-state index in [1.807, 2.05) is 13.8 Å². The Morgan fingerprint density at radius 3 is 2.23 bits per heavy atom. The molecule has 0 spiro atoms. The predicted octanol–water partition coefficient (Wildman–Crippen LogP) is 2.17. The van der Waals surface area contributed by atoms with Gasteiger partial charge in [-0.25, -0.2) is 0 Å². The second-order valence-electron chi connectivity index (χ2n) is 4.10. The van der Waals surface area contributed by atoms with E-state index in [0.29, 0.717) is 0 Å². The number of ketones is 1. The predicted molar refractivity (Wildman–Crippen MR) is 51.4 cm³/mol. The summed E-state index contributed by atoms with van der Waals surface area (Å²) < 4.78 is 0. The molecule has 1 fully saturated rings. The summed E-state index contributed by atoms with van der Waals surface area (Å²) in [5, 5.41) is -0.303. The molecule has 1 rings (SSSR count). The Morgan fingerprint density at radius 1 is 1.38 bits per heavy atom. The highest BCUT2D eigenvalue weighted by Gasteiger charge is 2.59. The van der Waals surface area contributed by atoms with Gasteiger partial charge in [-0.15, -0.1) is 0 Å². The summed E-state index contributed by atoms with van der Waals surface area (Å²) in [5.74, 6) is 0.00892. The van der Waals surface area contributed by atoms with Crippen LogP contribution in [0.25, 0.3) is 0 Å². The zero-order valence-corrected chi connectivity index (χ0v) is 8.76. The molecule has 0 bridgehead atoms. The van der Waals surface area contributed by atoms with Crippen molar-refractivity contribution in [2.75, 3.05) is 0 Å². The summed E-state index contributed by atoms with van der Waals surface area (Å²) in [7, 11) is 0. The van der Waals surface area contributed by atoms with E-state index in [1.54, 1.807) is 6.08 Å². The van der Waals surface area contributed by atoms with Gasteiger partial charge < -0.3 is 0 Å². The van der Waals surface area contributed by atoms with Crippen molar-refractivity contribution in [3.05, 3.63) is 12.2 Å². The minimum atomic E-state index is -0.303. The quantitative estimate of drug-likeness (QED) is 0.517. The standard InChI is InChI=1S/C10H13ClO2/c1-6(12)4-5-7-8(9(11)13)10(7,2)3/h4-5,7-8H,1-3H3. The van der Waals surface area contributed by atoms with Gasteiger partial charge in [0.1, 0.15) is 0 Å².